The van der Waals surface area contributed by atoms with Crippen LogP contribution in [0.25, 0.3) is 10.8 Å². The summed E-state index contributed by atoms with van der Waals surface area (Å²) in [4.78, 5) is 28.8. The van der Waals surface area contributed by atoms with E-state index < -0.39 is 89.1 Å². The fourth-order valence-electron chi connectivity index (χ4n) is 9.84. The van der Waals surface area contributed by atoms with Gasteiger partial charge in [-0.25, -0.2) is 0 Å². The van der Waals surface area contributed by atoms with Crippen molar-refractivity contribution in [3.8, 4) is 23.0 Å². The van der Waals surface area contributed by atoms with Gasteiger partial charge >= 0.3 is 5.97 Å². The van der Waals surface area contributed by atoms with E-state index in [4.69, 9.17) is 24.0 Å². The molecule has 5 heterocycles. The number of phenolic OH excluding ortho intramolecular Hbond substituents is 3. The van der Waals surface area contributed by atoms with Crippen LogP contribution in [0.2, 0.25) is 0 Å². The molecule has 2 aromatic rings. The molecule has 0 aliphatic carbocycles. The number of carbonyl (C=O) groups excluding carboxylic acids is 2. The average molecular weight is 893 g/mol. The Balaban J connectivity index is 1.48. The lowest BCUT2D eigenvalue weighted by atomic mass is 9.78. The Labute approximate surface area is 375 Å². The molecular weight excluding hydrogens is 825 g/mol. The minimum atomic E-state index is -1.85. The second-order valence-corrected chi connectivity index (χ2v) is 18.5. The average Bonchev–Trinajstić information content (AvgIpc) is 3.54. The van der Waals surface area contributed by atoms with Crippen molar-refractivity contribution in [3.05, 3.63) is 52.8 Å². The number of aliphatic hydroxyl groups excluding tert-OH is 3. The molecule has 2 fully saturated rings. The molecule has 7 rings (SSSR count). The third-order valence-electron chi connectivity index (χ3n) is 14.1. The lowest BCUT2D eigenvalue weighted by Gasteiger charge is -2.45. The molecule has 0 radical (unpaired) electrons. The van der Waals surface area contributed by atoms with Gasteiger partial charge in [0.2, 0.25) is 0 Å². The number of methoxy groups -OCH3 is 1. The number of hydrogen-bond donors (Lipinski definition) is 7. The van der Waals surface area contributed by atoms with Crippen molar-refractivity contribution in [1.29, 1.82) is 0 Å². The zero-order valence-corrected chi connectivity index (χ0v) is 38.7. The quantitative estimate of drug-likeness (QED) is 0.0823. The van der Waals surface area contributed by atoms with Gasteiger partial charge in [0.15, 0.2) is 11.9 Å². The Morgan fingerprint density at radius 2 is 1.69 bits per heavy atom. The van der Waals surface area contributed by atoms with E-state index in [9.17, 15) is 40.2 Å². The van der Waals surface area contributed by atoms with Gasteiger partial charge in [0, 0.05) is 92.4 Å². The number of aromatic hydroxyl groups is 3. The molecule has 0 spiro atoms. The normalized spacial score (nSPS) is 35.0. The number of aliphatic hydroxyl groups is 3. The maximum absolute atomic E-state index is 13.9. The van der Waals surface area contributed by atoms with Crippen LogP contribution in [0.1, 0.15) is 97.4 Å². The summed E-state index contributed by atoms with van der Waals surface area (Å²) in [5, 5.41) is 80.3. The first-order chi connectivity index (χ1) is 30.2. The maximum atomic E-state index is 13.9. The standard InChI is InChI=1S/C48H68N4O12/c1-11-31-15-16-32-23-52(19-18-51(32)22-31)49-21-33-38-43(58)36-35(42(33)57)37-45(29(7)41(36)56)64-48(9,46(37)59)62-20-17-34(61-10)26(4)44(63-30(8)53)28(6)40(55)27(5)39(54)24(2)13-12-14-25(3)47(60)50-38/h12-14,17,20-21,24,26-28,31-32,34,39-40,44,46,54-59H,11,15-16,18-19,22-23H2,1-10H3,(H,50,60)/b13-12+,20-17-,25-14-,49-21?. The van der Waals surface area contributed by atoms with E-state index in [1.807, 2.05) is 5.01 Å². The van der Waals surface area contributed by atoms with Crippen LogP contribution in [0.15, 0.2) is 41.2 Å². The molecule has 2 saturated heterocycles. The first-order valence-electron chi connectivity index (χ1n) is 22.5. The minimum absolute atomic E-state index is 0.0117. The zero-order chi connectivity index (χ0) is 46.9. The Kier molecular flexibility index (Phi) is 15.0. The highest BCUT2D eigenvalue weighted by Crippen LogP contribution is 2.58. The predicted octanol–water partition coefficient (Wildman–Crippen LogP) is 5.74. The van der Waals surface area contributed by atoms with Crippen LogP contribution in [-0.2, 0) is 23.8 Å². The molecule has 352 valence electrons. The summed E-state index contributed by atoms with van der Waals surface area (Å²) in [6, 6.07) is 0.302. The third kappa shape index (κ3) is 9.43. The van der Waals surface area contributed by atoms with Crippen molar-refractivity contribution in [2.45, 2.75) is 124 Å². The first-order valence-corrected chi connectivity index (χ1v) is 22.5. The molecular formula is C48H68N4O12. The second kappa shape index (κ2) is 19.7. The van der Waals surface area contributed by atoms with Crippen LogP contribution < -0.4 is 10.1 Å². The van der Waals surface area contributed by atoms with Crippen LogP contribution in [0.3, 0.4) is 0 Å². The summed E-state index contributed by atoms with van der Waals surface area (Å²) >= 11 is 0. The highest BCUT2D eigenvalue weighted by molar-refractivity contribution is 6.16. The molecule has 16 nitrogen and oxygen atoms in total. The van der Waals surface area contributed by atoms with Crippen molar-refractivity contribution in [1.82, 2.24) is 9.91 Å². The van der Waals surface area contributed by atoms with Gasteiger partial charge in [-0.2, -0.15) is 5.10 Å². The zero-order valence-electron chi connectivity index (χ0n) is 38.7. The molecule has 5 bridgehead atoms. The van der Waals surface area contributed by atoms with E-state index in [0.717, 1.165) is 32.4 Å². The molecule has 2 aromatic carbocycles. The van der Waals surface area contributed by atoms with Crippen molar-refractivity contribution >= 4 is 34.6 Å². The number of ether oxygens (including phenoxy) is 4. The number of phenols is 3. The van der Waals surface area contributed by atoms with Crippen molar-refractivity contribution < 1.29 is 59.2 Å². The van der Waals surface area contributed by atoms with Gasteiger partial charge in [0.05, 0.1) is 54.0 Å². The van der Waals surface area contributed by atoms with Crippen molar-refractivity contribution in [2.75, 3.05) is 38.6 Å². The van der Waals surface area contributed by atoms with Crippen LogP contribution in [0.4, 0.5) is 5.69 Å². The second-order valence-electron chi connectivity index (χ2n) is 18.5. The number of rotatable bonds is 5. The highest BCUT2D eigenvalue weighted by atomic mass is 16.7. The van der Waals surface area contributed by atoms with Gasteiger partial charge in [0.25, 0.3) is 11.7 Å². The number of nitrogens with one attached hydrogen (secondary N) is 1. The molecule has 5 aliphatic rings. The summed E-state index contributed by atoms with van der Waals surface area (Å²) in [5.41, 5.74) is 0.0557. The van der Waals surface area contributed by atoms with E-state index >= 15 is 0 Å². The molecule has 64 heavy (non-hydrogen) atoms. The number of allylic oxidation sites excluding steroid dienone is 2. The number of fused-ring (bicyclic) bond motifs is 15. The van der Waals surface area contributed by atoms with Gasteiger partial charge in [-0.3, -0.25) is 19.5 Å². The number of hydrazone groups is 1. The SMILES string of the molecule is CCC1CCC2CN(N=Cc3c4c(O)c5c(O)c(C)c6c(c5c3O)C(O)C(C)(O/C=C\C(OC)C(C)C(OC(C)=O)C(C)C(O)C(C)C(O)C(C)/C=C/C=C(/C)C(=O)N4)O6)CCN2C1. The lowest BCUT2D eigenvalue weighted by molar-refractivity contribution is -0.181. The minimum Gasteiger partial charge on any atom is -0.507 e. The van der Waals surface area contributed by atoms with E-state index in [0.29, 0.717) is 25.0 Å². The smallest absolute Gasteiger partial charge is 0.302 e. The molecule has 7 N–H and O–H groups in total. The van der Waals surface area contributed by atoms with Gasteiger partial charge in [-0.05, 0) is 38.7 Å². The number of amides is 1. The number of piperazine rings is 1. The van der Waals surface area contributed by atoms with Crippen molar-refractivity contribution in [3.63, 3.8) is 0 Å². The number of anilines is 1. The number of hydrogen-bond acceptors (Lipinski definition) is 15. The molecule has 0 aromatic heterocycles. The van der Waals surface area contributed by atoms with Crippen molar-refractivity contribution in [2.24, 2.45) is 34.7 Å². The monoisotopic (exact) mass is 892 g/mol. The molecule has 12 atom stereocenters. The highest BCUT2D eigenvalue weighted by Gasteiger charge is 2.50. The number of carbonyl (C=O) groups is 2. The van der Waals surface area contributed by atoms with Crippen LogP contribution >= 0.6 is 0 Å². The number of benzene rings is 2. The maximum Gasteiger partial charge on any atom is 0.302 e. The Morgan fingerprint density at radius 1 is 0.969 bits per heavy atom. The molecule has 16 heteroatoms. The molecule has 12 unspecified atom stereocenters. The largest absolute Gasteiger partial charge is 0.507 e. The van der Waals surface area contributed by atoms with Crippen LogP contribution in [0.5, 0.6) is 23.0 Å². The lowest BCUT2D eigenvalue weighted by Crippen LogP contribution is -2.55. The van der Waals surface area contributed by atoms with E-state index in [1.165, 1.54) is 46.4 Å². The van der Waals surface area contributed by atoms with E-state index in [2.05, 4.69) is 17.1 Å². The van der Waals surface area contributed by atoms with Gasteiger partial charge < -0.3 is 54.9 Å². The Bertz CT molecular complexity index is 2190. The molecule has 5 aliphatic heterocycles. The van der Waals surface area contributed by atoms with E-state index in [1.54, 1.807) is 52.8 Å². The van der Waals surface area contributed by atoms with Gasteiger partial charge in [-0.1, -0.05) is 59.3 Å². The summed E-state index contributed by atoms with van der Waals surface area (Å²) in [6.07, 6.45) is 6.89. The summed E-state index contributed by atoms with van der Waals surface area (Å²) in [6.45, 7) is 18.1. The predicted molar refractivity (Wildman–Crippen MR) is 242 cm³/mol. The topological polar surface area (TPSA) is 223 Å². The van der Waals surface area contributed by atoms with Gasteiger partial charge in [0.1, 0.15) is 23.4 Å². The molecule has 0 saturated carbocycles. The Hall–Kier alpha value is -4.87. The number of piperidine rings is 1. The van der Waals surface area contributed by atoms with Crippen LogP contribution in [0, 0.1) is 36.5 Å². The van der Waals surface area contributed by atoms with Crippen LogP contribution in [-0.4, -0.2) is 128 Å². The summed E-state index contributed by atoms with van der Waals surface area (Å²) in [5.74, 6) is -6.35. The number of esters is 1. The van der Waals surface area contributed by atoms with E-state index in [-0.39, 0.29) is 44.5 Å². The fraction of sp³-hybridized carbons (Fsp3) is 0.604. The summed E-state index contributed by atoms with van der Waals surface area (Å²) in [7, 11) is 1.46. The first kappa shape index (κ1) is 48.6. The molecule has 1 amide bonds. The number of nitrogens with zero attached hydrogens (tertiary/aromatic N) is 3. The summed E-state index contributed by atoms with van der Waals surface area (Å²) < 4.78 is 24.0. The van der Waals surface area contributed by atoms with Gasteiger partial charge in [-0.15, -0.1) is 0 Å². The third-order valence-corrected chi connectivity index (χ3v) is 14.1. The Morgan fingerprint density at radius 3 is 2.36 bits per heavy atom. The fourth-order valence-corrected chi connectivity index (χ4v) is 9.84.